The first kappa shape index (κ1) is 8.97. The minimum atomic E-state index is -0.281. The van der Waals surface area contributed by atoms with Gasteiger partial charge in [0.25, 0.3) is 5.56 Å². The lowest BCUT2D eigenvalue weighted by Gasteiger charge is -2.07. The van der Waals surface area contributed by atoms with Crippen LogP contribution in [0.15, 0.2) is 16.9 Å². The van der Waals surface area contributed by atoms with Crippen LogP contribution in [0.25, 0.3) is 0 Å². The predicted octanol–water partition coefficient (Wildman–Crippen LogP) is 0.323. The molecule has 1 atom stereocenters. The molecule has 0 aliphatic carbocycles. The normalized spacial score (nSPS) is 20.6. The number of hydrogen-bond acceptors (Lipinski definition) is 3. The number of pyridine rings is 1. The summed E-state index contributed by atoms with van der Waals surface area (Å²) in [6.45, 7) is 1.90. The van der Waals surface area contributed by atoms with Crippen LogP contribution in [0.4, 0.5) is 0 Å². The van der Waals surface area contributed by atoms with Crippen molar-refractivity contribution in [3.05, 3.63) is 33.7 Å². The van der Waals surface area contributed by atoms with Crippen molar-refractivity contribution in [3.63, 3.8) is 0 Å². The van der Waals surface area contributed by atoms with Crippen LogP contribution in [0.3, 0.4) is 0 Å². The minimum absolute atomic E-state index is 0.180. The van der Waals surface area contributed by atoms with Crippen LogP contribution >= 0.6 is 0 Å². The van der Waals surface area contributed by atoms with Crippen molar-refractivity contribution in [3.8, 4) is 6.07 Å². The van der Waals surface area contributed by atoms with Gasteiger partial charge in [-0.3, -0.25) is 4.79 Å². The minimum Gasteiger partial charge on any atom is -0.325 e. The van der Waals surface area contributed by atoms with E-state index in [1.807, 2.05) is 12.1 Å². The van der Waals surface area contributed by atoms with Gasteiger partial charge in [-0.1, -0.05) is 0 Å². The van der Waals surface area contributed by atoms with Gasteiger partial charge in [-0.15, -0.1) is 0 Å². The molecule has 0 aromatic carbocycles. The molecule has 0 radical (unpaired) electrons. The second kappa shape index (κ2) is 3.64. The van der Waals surface area contributed by atoms with Crippen LogP contribution in [0, 0.1) is 11.3 Å². The number of nitrogens with zero attached hydrogens (tertiary/aromatic N) is 1. The molecule has 1 aromatic heterocycles. The molecule has 1 unspecified atom stereocenters. The number of hydrogen-bond donors (Lipinski definition) is 2. The summed E-state index contributed by atoms with van der Waals surface area (Å²) in [5.74, 6) is 0.385. The van der Waals surface area contributed by atoms with E-state index in [-0.39, 0.29) is 11.1 Å². The van der Waals surface area contributed by atoms with Gasteiger partial charge in [-0.05, 0) is 25.1 Å². The average Bonchev–Trinajstić information content (AvgIpc) is 2.70. The highest BCUT2D eigenvalue weighted by molar-refractivity contribution is 5.27. The molecule has 1 aliphatic heterocycles. The molecule has 0 spiro atoms. The molecule has 1 aromatic rings. The highest BCUT2D eigenvalue weighted by atomic mass is 16.1. The third-order valence-electron chi connectivity index (χ3n) is 2.55. The zero-order valence-electron chi connectivity index (χ0n) is 7.71. The summed E-state index contributed by atoms with van der Waals surface area (Å²) in [7, 11) is 0. The summed E-state index contributed by atoms with van der Waals surface area (Å²) < 4.78 is 0. The third kappa shape index (κ3) is 1.54. The molecule has 14 heavy (non-hydrogen) atoms. The molecule has 72 valence electrons. The standard InChI is InChI=1S/C10H11N3O/c11-5-7-1-2-9(13-10(7)14)8-3-4-12-6-8/h1-2,8,12H,3-4,6H2,(H,13,14). The Labute approximate surface area is 81.6 Å². The van der Waals surface area contributed by atoms with E-state index >= 15 is 0 Å². The quantitative estimate of drug-likeness (QED) is 0.668. The molecule has 2 N–H and O–H groups in total. The Morgan fingerprint density at radius 3 is 2.93 bits per heavy atom. The van der Waals surface area contributed by atoms with E-state index in [0.717, 1.165) is 25.2 Å². The average molecular weight is 189 g/mol. The van der Waals surface area contributed by atoms with Crippen molar-refractivity contribution in [1.29, 1.82) is 5.26 Å². The second-order valence-electron chi connectivity index (χ2n) is 3.46. The fourth-order valence-electron chi connectivity index (χ4n) is 1.74. The van der Waals surface area contributed by atoms with Gasteiger partial charge in [0.2, 0.25) is 0 Å². The molecule has 0 amide bonds. The van der Waals surface area contributed by atoms with Crippen LogP contribution in [0.5, 0.6) is 0 Å². The molecule has 1 aliphatic rings. The number of aromatic nitrogens is 1. The molecule has 4 nitrogen and oxygen atoms in total. The van der Waals surface area contributed by atoms with E-state index < -0.39 is 0 Å². The lowest BCUT2D eigenvalue weighted by atomic mass is 10.0. The Morgan fingerprint density at radius 1 is 1.50 bits per heavy atom. The zero-order valence-corrected chi connectivity index (χ0v) is 7.71. The molecule has 0 bridgehead atoms. The molecular formula is C10H11N3O. The van der Waals surface area contributed by atoms with Crippen molar-refractivity contribution in [2.75, 3.05) is 13.1 Å². The smallest absolute Gasteiger partial charge is 0.266 e. The summed E-state index contributed by atoms with van der Waals surface area (Å²) in [4.78, 5) is 14.1. The SMILES string of the molecule is N#Cc1ccc(C2CCNC2)[nH]c1=O. The van der Waals surface area contributed by atoms with E-state index in [0.29, 0.717) is 5.92 Å². The summed E-state index contributed by atoms with van der Waals surface area (Å²) >= 11 is 0. The molecule has 2 rings (SSSR count). The molecular weight excluding hydrogens is 178 g/mol. The topological polar surface area (TPSA) is 68.7 Å². The highest BCUT2D eigenvalue weighted by Gasteiger charge is 2.17. The maximum atomic E-state index is 11.3. The van der Waals surface area contributed by atoms with Crippen LogP contribution < -0.4 is 10.9 Å². The van der Waals surface area contributed by atoms with Crippen LogP contribution in [0.2, 0.25) is 0 Å². The van der Waals surface area contributed by atoms with E-state index in [9.17, 15) is 4.79 Å². The van der Waals surface area contributed by atoms with Crippen LogP contribution in [-0.4, -0.2) is 18.1 Å². The van der Waals surface area contributed by atoms with Gasteiger partial charge in [0, 0.05) is 18.2 Å². The Kier molecular flexibility index (Phi) is 2.33. The van der Waals surface area contributed by atoms with Gasteiger partial charge >= 0.3 is 0 Å². The number of rotatable bonds is 1. The van der Waals surface area contributed by atoms with Crippen LogP contribution in [0.1, 0.15) is 23.6 Å². The Bertz CT molecular complexity index is 424. The third-order valence-corrected chi connectivity index (χ3v) is 2.55. The predicted molar refractivity (Wildman–Crippen MR) is 52.0 cm³/mol. The maximum Gasteiger partial charge on any atom is 0.266 e. The van der Waals surface area contributed by atoms with Gasteiger partial charge < -0.3 is 10.3 Å². The van der Waals surface area contributed by atoms with Gasteiger partial charge in [-0.2, -0.15) is 5.26 Å². The fraction of sp³-hybridized carbons (Fsp3) is 0.400. The van der Waals surface area contributed by atoms with E-state index in [1.165, 1.54) is 0 Å². The van der Waals surface area contributed by atoms with Crippen molar-refractivity contribution in [2.45, 2.75) is 12.3 Å². The van der Waals surface area contributed by atoms with Crippen molar-refractivity contribution < 1.29 is 0 Å². The van der Waals surface area contributed by atoms with Crippen molar-refractivity contribution in [1.82, 2.24) is 10.3 Å². The van der Waals surface area contributed by atoms with Gasteiger partial charge in [0.15, 0.2) is 0 Å². The fourth-order valence-corrected chi connectivity index (χ4v) is 1.74. The Hall–Kier alpha value is -1.60. The highest BCUT2D eigenvalue weighted by Crippen LogP contribution is 2.18. The molecule has 4 heteroatoms. The van der Waals surface area contributed by atoms with Gasteiger partial charge in [-0.25, -0.2) is 0 Å². The van der Waals surface area contributed by atoms with E-state index in [2.05, 4.69) is 10.3 Å². The summed E-state index contributed by atoms with van der Waals surface area (Å²) in [5.41, 5.74) is 0.829. The lowest BCUT2D eigenvalue weighted by molar-refractivity contribution is 0.730. The molecule has 1 fully saturated rings. The van der Waals surface area contributed by atoms with Gasteiger partial charge in [0.1, 0.15) is 11.6 Å². The maximum absolute atomic E-state index is 11.3. The molecule has 1 saturated heterocycles. The Morgan fingerprint density at radius 2 is 2.36 bits per heavy atom. The van der Waals surface area contributed by atoms with E-state index in [1.54, 1.807) is 6.07 Å². The second-order valence-corrected chi connectivity index (χ2v) is 3.46. The van der Waals surface area contributed by atoms with E-state index in [4.69, 9.17) is 5.26 Å². The zero-order chi connectivity index (χ0) is 9.97. The van der Waals surface area contributed by atoms with Crippen molar-refractivity contribution in [2.24, 2.45) is 0 Å². The molecule has 2 heterocycles. The van der Waals surface area contributed by atoms with Crippen molar-refractivity contribution >= 4 is 0 Å². The molecule has 0 saturated carbocycles. The number of nitrogens with one attached hydrogen (secondary N) is 2. The number of H-pyrrole nitrogens is 1. The first-order valence-corrected chi connectivity index (χ1v) is 4.65. The largest absolute Gasteiger partial charge is 0.325 e. The van der Waals surface area contributed by atoms with Crippen LogP contribution in [-0.2, 0) is 0 Å². The van der Waals surface area contributed by atoms with Gasteiger partial charge in [0.05, 0.1) is 0 Å². The summed E-state index contributed by atoms with van der Waals surface area (Å²) in [6.07, 6.45) is 1.04. The first-order chi connectivity index (χ1) is 6.81. The lowest BCUT2D eigenvalue weighted by Crippen LogP contribution is -2.15. The number of aromatic amines is 1. The first-order valence-electron chi connectivity index (χ1n) is 4.65. The summed E-state index contributed by atoms with van der Waals surface area (Å²) in [6, 6.07) is 5.27. The summed E-state index contributed by atoms with van der Waals surface area (Å²) in [5, 5.41) is 11.8. The monoisotopic (exact) mass is 189 g/mol. The Balaban J connectivity index is 2.33. The number of nitriles is 1.